The van der Waals surface area contributed by atoms with Crippen molar-refractivity contribution in [3.05, 3.63) is 11.6 Å². The summed E-state index contributed by atoms with van der Waals surface area (Å²) < 4.78 is 4.63. The first kappa shape index (κ1) is 9.79. The number of carbonyl (C=O) groups excluding carboxylic acids is 1. The van der Waals surface area contributed by atoms with E-state index in [9.17, 15) is 4.79 Å². The van der Waals surface area contributed by atoms with Crippen LogP contribution in [0.4, 0.5) is 0 Å². The zero-order valence-electron chi connectivity index (χ0n) is 5.35. The normalized spacial score (nSPS) is 10.2. The summed E-state index contributed by atoms with van der Waals surface area (Å²) in [5.41, 5.74) is 1.30. The summed E-state index contributed by atoms with van der Waals surface area (Å²) in [5.74, 6) is -0.00608. The molecule has 0 aromatic heterocycles. The Morgan fingerprint density at radius 1 is 1.60 bits per heavy atom. The van der Waals surface area contributed by atoms with E-state index in [0.29, 0.717) is 5.88 Å². The van der Waals surface area contributed by atoms with Crippen LogP contribution in [0, 0.1) is 0 Å². The Balaban J connectivity index is 3.21. The van der Waals surface area contributed by atoms with Crippen molar-refractivity contribution >= 4 is 29.2 Å². The molecular formula is C6H8Cl2O2. The Morgan fingerprint density at radius 3 is 2.80 bits per heavy atom. The summed E-state index contributed by atoms with van der Waals surface area (Å²) in [5, 5.41) is 0. The fraction of sp³-hybridized carbons (Fsp3) is 0.500. The average Bonchev–Trinajstić information content (AvgIpc) is 1.89. The number of rotatable bonds is 4. The van der Waals surface area contributed by atoms with E-state index in [1.807, 2.05) is 0 Å². The number of alkyl halides is 1. The minimum Gasteiger partial charge on any atom is -0.461 e. The van der Waals surface area contributed by atoms with Crippen molar-refractivity contribution in [1.29, 1.82) is 0 Å². The largest absolute Gasteiger partial charge is 0.461 e. The Kier molecular flexibility index (Phi) is 6.76. The van der Waals surface area contributed by atoms with Gasteiger partial charge in [0.2, 0.25) is 0 Å². The molecule has 0 atom stereocenters. The van der Waals surface area contributed by atoms with Crippen molar-refractivity contribution < 1.29 is 9.53 Å². The molecule has 0 aliphatic carbocycles. The predicted octanol–water partition coefficient (Wildman–Crippen LogP) is 1.91. The van der Waals surface area contributed by atoms with Gasteiger partial charge < -0.3 is 4.74 Å². The minimum atomic E-state index is -0.301. The van der Waals surface area contributed by atoms with E-state index in [-0.39, 0.29) is 19.0 Å². The van der Waals surface area contributed by atoms with Gasteiger partial charge >= 0.3 is 5.97 Å². The molecule has 10 heavy (non-hydrogen) atoms. The lowest BCUT2D eigenvalue weighted by atomic mass is 10.5. The molecule has 0 fully saturated rings. The Hall–Kier alpha value is -0.210. The Labute approximate surface area is 69.8 Å². The van der Waals surface area contributed by atoms with Crippen LogP contribution in [-0.2, 0) is 9.53 Å². The molecule has 0 saturated heterocycles. The number of hydrogen-bond donors (Lipinski definition) is 0. The number of esters is 1. The third kappa shape index (κ3) is 5.92. The van der Waals surface area contributed by atoms with Gasteiger partial charge in [-0.05, 0) is 6.08 Å². The van der Waals surface area contributed by atoms with Crippen molar-refractivity contribution in [2.75, 3.05) is 12.5 Å². The van der Waals surface area contributed by atoms with Gasteiger partial charge in [0.25, 0.3) is 0 Å². The summed E-state index contributed by atoms with van der Waals surface area (Å²) in [6.07, 6.45) is 1.78. The molecule has 2 nitrogen and oxygen atoms in total. The van der Waals surface area contributed by atoms with Crippen molar-refractivity contribution in [2.24, 2.45) is 0 Å². The maximum absolute atomic E-state index is 10.5. The molecule has 0 spiro atoms. The number of halogens is 2. The van der Waals surface area contributed by atoms with E-state index in [4.69, 9.17) is 23.2 Å². The molecule has 0 unspecified atom stereocenters. The molecule has 0 aromatic carbocycles. The van der Waals surface area contributed by atoms with Gasteiger partial charge in [0.1, 0.15) is 6.61 Å². The van der Waals surface area contributed by atoms with Gasteiger partial charge in [0, 0.05) is 11.4 Å². The summed E-state index contributed by atoms with van der Waals surface area (Å²) in [7, 11) is 0. The molecule has 0 aliphatic heterocycles. The Bertz CT molecular complexity index is 123. The SMILES string of the molecule is O=C(CCCl)OC/C=C/Cl. The van der Waals surface area contributed by atoms with Crippen LogP contribution in [-0.4, -0.2) is 18.5 Å². The summed E-state index contributed by atoms with van der Waals surface area (Å²) >= 11 is 10.4. The second kappa shape index (κ2) is 6.90. The number of hydrogen-bond acceptors (Lipinski definition) is 2. The molecule has 0 amide bonds. The first-order chi connectivity index (χ1) is 4.81. The maximum Gasteiger partial charge on any atom is 0.307 e. The molecule has 0 heterocycles. The smallest absolute Gasteiger partial charge is 0.307 e. The number of ether oxygens (including phenoxy) is 1. The lowest BCUT2D eigenvalue weighted by molar-refractivity contribution is -0.141. The van der Waals surface area contributed by atoms with Crippen molar-refractivity contribution in [1.82, 2.24) is 0 Å². The van der Waals surface area contributed by atoms with Crippen molar-refractivity contribution in [3.8, 4) is 0 Å². The highest BCUT2D eigenvalue weighted by Crippen LogP contribution is 1.89. The highest BCUT2D eigenvalue weighted by molar-refractivity contribution is 6.25. The van der Waals surface area contributed by atoms with Crippen LogP contribution in [0.15, 0.2) is 11.6 Å². The second-order valence-corrected chi connectivity index (χ2v) is 2.11. The van der Waals surface area contributed by atoms with E-state index < -0.39 is 0 Å². The van der Waals surface area contributed by atoms with Crippen molar-refractivity contribution in [3.63, 3.8) is 0 Å². The summed E-state index contributed by atoms with van der Waals surface area (Å²) in [6, 6.07) is 0. The molecule has 0 radical (unpaired) electrons. The van der Waals surface area contributed by atoms with Gasteiger partial charge in [-0.2, -0.15) is 0 Å². The van der Waals surface area contributed by atoms with Crippen LogP contribution in [0.1, 0.15) is 6.42 Å². The van der Waals surface area contributed by atoms with E-state index in [2.05, 4.69) is 4.74 Å². The van der Waals surface area contributed by atoms with Gasteiger partial charge in [-0.1, -0.05) is 11.6 Å². The highest BCUT2D eigenvalue weighted by atomic mass is 35.5. The van der Waals surface area contributed by atoms with Gasteiger partial charge in [-0.3, -0.25) is 4.79 Å². The highest BCUT2D eigenvalue weighted by Gasteiger charge is 1.97. The van der Waals surface area contributed by atoms with Gasteiger partial charge in [0.15, 0.2) is 0 Å². The molecule has 4 heteroatoms. The van der Waals surface area contributed by atoms with Crippen LogP contribution in [0.2, 0.25) is 0 Å². The molecule has 0 rings (SSSR count). The van der Waals surface area contributed by atoms with Crippen molar-refractivity contribution in [2.45, 2.75) is 6.42 Å². The molecule has 58 valence electrons. The molecule has 0 bridgehead atoms. The van der Waals surface area contributed by atoms with Crippen LogP contribution < -0.4 is 0 Å². The lowest BCUT2D eigenvalue weighted by Gasteiger charge is -1.96. The molecular weight excluding hydrogens is 175 g/mol. The Morgan fingerprint density at radius 2 is 2.30 bits per heavy atom. The lowest BCUT2D eigenvalue weighted by Crippen LogP contribution is -2.04. The van der Waals surface area contributed by atoms with Crippen LogP contribution in [0.25, 0.3) is 0 Å². The fourth-order valence-electron chi connectivity index (χ4n) is 0.327. The molecule has 0 aliphatic rings. The van der Waals surface area contributed by atoms with Crippen LogP contribution >= 0.6 is 23.2 Å². The predicted molar refractivity (Wildman–Crippen MR) is 41.3 cm³/mol. The molecule has 0 saturated carbocycles. The third-order valence-electron chi connectivity index (χ3n) is 0.728. The van der Waals surface area contributed by atoms with E-state index in [0.717, 1.165) is 0 Å². The second-order valence-electron chi connectivity index (χ2n) is 1.48. The zero-order valence-corrected chi connectivity index (χ0v) is 6.86. The first-order valence-corrected chi connectivity index (χ1v) is 3.75. The van der Waals surface area contributed by atoms with Gasteiger partial charge in [-0.15, -0.1) is 11.6 Å². The number of carbonyl (C=O) groups is 1. The average molecular weight is 183 g/mol. The van der Waals surface area contributed by atoms with Crippen LogP contribution in [0.3, 0.4) is 0 Å². The van der Waals surface area contributed by atoms with E-state index in [1.54, 1.807) is 0 Å². The van der Waals surface area contributed by atoms with E-state index >= 15 is 0 Å². The first-order valence-electron chi connectivity index (χ1n) is 2.78. The minimum absolute atomic E-state index is 0.221. The standard InChI is InChI=1S/C6H8Cl2O2/c7-3-1-5-10-6(9)2-4-8/h1,3H,2,4-5H2/b3-1+. The molecule has 0 aromatic rings. The van der Waals surface area contributed by atoms with Crippen LogP contribution in [0.5, 0.6) is 0 Å². The maximum atomic E-state index is 10.5. The quantitative estimate of drug-likeness (QED) is 0.491. The van der Waals surface area contributed by atoms with Gasteiger partial charge in [0.05, 0.1) is 6.42 Å². The van der Waals surface area contributed by atoms with Gasteiger partial charge in [-0.25, -0.2) is 0 Å². The topological polar surface area (TPSA) is 26.3 Å². The summed E-state index contributed by atoms with van der Waals surface area (Å²) in [6.45, 7) is 0.221. The van der Waals surface area contributed by atoms with E-state index in [1.165, 1.54) is 11.6 Å². The fourth-order valence-corrected chi connectivity index (χ4v) is 0.554. The summed E-state index contributed by atoms with van der Waals surface area (Å²) in [4.78, 5) is 10.5. The monoisotopic (exact) mass is 182 g/mol. The molecule has 0 N–H and O–H groups in total. The zero-order chi connectivity index (χ0) is 7.82. The third-order valence-corrected chi connectivity index (χ3v) is 1.10.